The van der Waals surface area contributed by atoms with Crippen molar-refractivity contribution >= 4 is 39.3 Å². The van der Waals surface area contributed by atoms with Gasteiger partial charge in [0.25, 0.3) is 0 Å². The Morgan fingerprint density at radius 2 is 1.95 bits per heavy atom. The number of amides is 1. The van der Waals surface area contributed by atoms with Crippen LogP contribution in [0.3, 0.4) is 0 Å². The van der Waals surface area contributed by atoms with Gasteiger partial charge in [0.15, 0.2) is 0 Å². The first-order chi connectivity index (χ1) is 10.1. The van der Waals surface area contributed by atoms with Crippen LogP contribution in [-0.4, -0.2) is 18.8 Å². The number of carbonyl (C=O) groups excluding carboxylic acids is 1. The molecular formula is C16H16BrNO2S. The number of methoxy groups -OCH3 is 1. The Morgan fingerprint density at radius 1 is 1.24 bits per heavy atom. The molecule has 0 fully saturated rings. The topological polar surface area (TPSA) is 38.3 Å². The van der Waals surface area contributed by atoms with E-state index in [0.29, 0.717) is 5.75 Å². The van der Waals surface area contributed by atoms with Crippen LogP contribution in [0.1, 0.15) is 5.56 Å². The summed E-state index contributed by atoms with van der Waals surface area (Å²) in [5, 5.41) is 2.92. The number of hydrogen-bond acceptors (Lipinski definition) is 3. The largest absolute Gasteiger partial charge is 0.497 e. The van der Waals surface area contributed by atoms with E-state index < -0.39 is 0 Å². The summed E-state index contributed by atoms with van der Waals surface area (Å²) in [6, 6.07) is 13.5. The van der Waals surface area contributed by atoms with Gasteiger partial charge < -0.3 is 10.1 Å². The van der Waals surface area contributed by atoms with Crippen molar-refractivity contribution < 1.29 is 9.53 Å². The lowest BCUT2D eigenvalue weighted by Crippen LogP contribution is -2.14. The third kappa shape index (κ3) is 4.79. The number of thioether (sulfide) groups is 1. The summed E-state index contributed by atoms with van der Waals surface area (Å²) in [7, 11) is 1.64. The smallest absolute Gasteiger partial charge is 0.234 e. The molecule has 0 radical (unpaired) electrons. The molecule has 1 amide bonds. The molecule has 0 bridgehead atoms. The van der Waals surface area contributed by atoms with E-state index in [4.69, 9.17) is 4.74 Å². The third-order valence-corrected chi connectivity index (χ3v) is 4.40. The summed E-state index contributed by atoms with van der Waals surface area (Å²) in [5.74, 6) is 1.18. The summed E-state index contributed by atoms with van der Waals surface area (Å²) in [5.41, 5.74) is 1.88. The molecule has 1 N–H and O–H groups in total. The first-order valence-electron chi connectivity index (χ1n) is 6.41. The molecule has 110 valence electrons. The van der Waals surface area contributed by atoms with Crippen LogP contribution >= 0.6 is 27.7 Å². The van der Waals surface area contributed by atoms with Crippen LogP contribution in [0.2, 0.25) is 0 Å². The summed E-state index contributed by atoms with van der Waals surface area (Å²) < 4.78 is 6.11. The predicted octanol–water partition coefficient (Wildman–Crippen LogP) is 4.50. The van der Waals surface area contributed by atoms with Gasteiger partial charge in [0.05, 0.1) is 12.9 Å². The van der Waals surface area contributed by atoms with Crippen molar-refractivity contribution in [3.8, 4) is 5.75 Å². The molecule has 21 heavy (non-hydrogen) atoms. The van der Waals surface area contributed by atoms with Gasteiger partial charge in [0.2, 0.25) is 5.91 Å². The molecule has 2 rings (SSSR count). The molecule has 0 spiro atoms. The van der Waals surface area contributed by atoms with E-state index in [0.717, 1.165) is 26.4 Å². The molecule has 5 heteroatoms. The Hall–Kier alpha value is -1.46. The van der Waals surface area contributed by atoms with Crippen LogP contribution in [0.4, 0.5) is 5.69 Å². The zero-order valence-corrected chi connectivity index (χ0v) is 14.3. The van der Waals surface area contributed by atoms with Crippen LogP contribution in [-0.2, 0) is 4.79 Å². The highest BCUT2D eigenvalue weighted by Crippen LogP contribution is 2.23. The Kier molecular flexibility index (Phi) is 5.70. The van der Waals surface area contributed by atoms with Gasteiger partial charge in [-0.25, -0.2) is 0 Å². The minimum Gasteiger partial charge on any atom is -0.497 e. The van der Waals surface area contributed by atoms with Crippen LogP contribution in [0.15, 0.2) is 51.8 Å². The van der Waals surface area contributed by atoms with Crippen molar-refractivity contribution in [1.82, 2.24) is 0 Å². The van der Waals surface area contributed by atoms with Gasteiger partial charge in [0, 0.05) is 15.1 Å². The van der Waals surface area contributed by atoms with Crippen molar-refractivity contribution in [2.24, 2.45) is 0 Å². The number of ether oxygens (including phenoxy) is 1. The fourth-order valence-electron chi connectivity index (χ4n) is 1.77. The molecule has 2 aromatic rings. The van der Waals surface area contributed by atoms with Gasteiger partial charge in [0.1, 0.15) is 5.75 Å². The monoisotopic (exact) mass is 365 g/mol. The number of carbonyl (C=O) groups is 1. The highest BCUT2D eigenvalue weighted by Gasteiger charge is 2.06. The normalized spacial score (nSPS) is 10.2. The average molecular weight is 366 g/mol. The first kappa shape index (κ1) is 15.9. The second kappa shape index (κ2) is 7.52. The van der Waals surface area contributed by atoms with Crippen molar-refractivity contribution in [2.75, 3.05) is 18.2 Å². The van der Waals surface area contributed by atoms with Gasteiger partial charge in [-0.05, 0) is 55.0 Å². The standard InChI is InChI=1S/C16H16BrNO2S/c1-11-9-12(17)3-8-15(11)18-16(19)10-21-14-6-4-13(20-2)5-7-14/h3-9H,10H2,1-2H3,(H,18,19). The summed E-state index contributed by atoms with van der Waals surface area (Å²) in [6.45, 7) is 1.97. The van der Waals surface area contributed by atoms with E-state index in [1.54, 1.807) is 7.11 Å². The van der Waals surface area contributed by atoms with Crippen molar-refractivity contribution in [3.05, 3.63) is 52.5 Å². The van der Waals surface area contributed by atoms with Crippen LogP contribution in [0.25, 0.3) is 0 Å². The Balaban J connectivity index is 1.89. The van der Waals surface area contributed by atoms with Gasteiger partial charge in [-0.3, -0.25) is 4.79 Å². The molecule has 3 nitrogen and oxygen atoms in total. The van der Waals surface area contributed by atoms with Crippen molar-refractivity contribution in [3.63, 3.8) is 0 Å². The second-order valence-electron chi connectivity index (χ2n) is 4.47. The zero-order valence-electron chi connectivity index (χ0n) is 11.9. The molecule has 0 heterocycles. The highest BCUT2D eigenvalue weighted by atomic mass is 79.9. The Morgan fingerprint density at radius 3 is 2.57 bits per heavy atom. The number of halogens is 1. The Labute approximate surface area is 137 Å². The van der Waals surface area contributed by atoms with E-state index in [9.17, 15) is 4.79 Å². The molecule has 0 atom stereocenters. The van der Waals surface area contributed by atoms with E-state index in [1.165, 1.54) is 11.8 Å². The third-order valence-electron chi connectivity index (χ3n) is 2.89. The van der Waals surface area contributed by atoms with Gasteiger partial charge >= 0.3 is 0 Å². The predicted molar refractivity (Wildman–Crippen MR) is 91.2 cm³/mol. The maximum absolute atomic E-state index is 12.0. The maximum Gasteiger partial charge on any atom is 0.234 e. The summed E-state index contributed by atoms with van der Waals surface area (Å²) in [4.78, 5) is 13.0. The minimum atomic E-state index is -0.0127. The highest BCUT2D eigenvalue weighted by molar-refractivity contribution is 9.10. The van der Waals surface area contributed by atoms with E-state index >= 15 is 0 Å². The zero-order chi connectivity index (χ0) is 15.2. The SMILES string of the molecule is COc1ccc(SCC(=O)Nc2ccc(Br)cc2C)cc1. The lowest BCUT2D eigenvalue weighted by atomic mass is 10.2. The maximum atomic E-state index is 12.0. The number of rotatable bonds is 5. The molecule has 0 saturated heterocycles. The van der Waals surface area contributed by atoms with Crippen LogP contribution in [0.5, 0.6) is 5.75 Å². The Bertz CT molecular complexity index is 629. The quantitative estimate of drug-likeness (QED) is 0.792. The molecule has 2 aromatic carbocycles. The molecule has 0 aromatic heterocycles. The first-order valence-corrected chi connectivity index (χ1v) is 8.19. The summed E-state index contributed by atoms with van der Waals surface area (Å²) >= 11 is 4.91. The number of aryl methyl sites for hydroxylation is 1. The lowest BCUT2D eigenvalue weighted by Gasteiger charge is -2.09. The lowest BCUT2D eigenvalue weighted by molar-refractivity contribution is -0.113. The van der Waals surface area contributed by atoms with Gasteiger partial charge in [-0.2, -0.15) is 0 Å². The second-order valence-corrected chi connectivity index (χ2v) is 6.44. The molecule has 0 aliphatic rings. The molecule has 0 saturated carbocycles. The summed E-state index contributed by atoms with van der Waals surface area (Å²) in [6.07, 6.45) is 0. The minimum absolute atomic E-state index is 0.0127. The van der Waals surface area contributed by atoms with Crippen LogP contribution < -0.4 is 10.1 Å². The molecule has 0 aliphatic carbocycles. The fraction of sp³-hybridized carbons (Fsp3) is 0.188. The number of benzene rings is 2. The molecule has 0 unspecified atom stereocenters. The van der Waals surface area contributed by atoms with E-state index in [2.05, 4.69) is 21.2 Å². The fourth-order valence-corrected chi connectivity index (χ4v) is 2.95. The van der Waals surface area contributed by atoms with Crippen molar-refractivity contribution in [2.45, 2.75) is 11.8 Å². The number of nitrogens with one attached hydrogen (secondary N) is 1. The van der Waals surface area contributed by atoms with Gasteiger partial charge in [-0.15, -0.1) is 11.8 Å². The number of anilines is 1. The molecule has 0 aliphatic heterocycles. The van der Waals surface area contributed by atoms with Crippen molar-refractivity contribution in [1.29, 1.82) is 0 Å². The van der Waals surface area contributed by atoms with E-state index in [-0.39, 0.29) is 5.91 Å². The molecular weight excluding hydrogens is 350 g/mol. The van der Waals surface area contributed by atoms with E-state index in [1.807, 2.05) is 49.4 Å². The van der Waals surface area contributed by atoms with Crippen LogP contribution in [0, 0.1) is 6.92 Å². The van der Waals surface area contributed by atoms with Gasteiger partial charge in [-0.1, -0.05) is 15.9 Å². The average Bonchev–Trinajstić information content (AvgIpc) is 2.48. The number of hydrogen-bond donors (Lipinski definition) is 1.